The lowest BCUT2D eigenvalue weighted by Crippen LogP contribution is -2.05. The summed E-state index contributed by atoms with van der Waals surface area (Å²) in [5, 5.41) is 9.30. The number of hydrogen-bond donors (Lipinski definition) is 1. The molecule has 0 spiro atoms. The smallest absolute Gasteiger partial charge is 0.310 e. The van der Waals surface area contributed by atoms with E-state index in [0.717, 1.165) is 5.56 Å². The second-order valence-electron chi connectivity index (χ2n) is 2.84. The largest absolute Gasteiger partial charge is 0.469 e. The number of rotatable bonds is 3. The molecule has 0 saturated heterocycles. The highest BCUT2D eigenvalue weighted by molar-refractivity contribution is 6.31. The van der Waals surface area contributed by atoms with E-state index in [4.69, 9.17) is 16.7 Å². The van der Waals surface area contributed by atoms with Crippen molar-refractivity contribution in [2.75, 3.05) is 7.11 Å². The van der Waals surface area contributed by atoms with E-state index in [9.17, 15) is 4.79 Å². The zero-order valence-electron chi connectivity index (χ0n) is 7.79. The van der Waals surface area contributed by atoms with Gasteiger partial charge in [0.1, 0.15) is 0 Å². The summed E-state index contributed by atoms with van der Waals surface area (Å²) >= 11 is 5.89. The van der Waals surface area contributed by atoms with E-state index in [2.05, 4.69) is 4.74 Å². The molecule has 1 aromatic rings. The number of aliphatic hydroxyl groups is 1. The molecule has 14 heavy (non-hydrogen) atoms. The predicted molar refractivity (Wildman–Crippen MR) is 53.1 cm³/mol. The topological polar surface area (TPSA) is 46.5 Å². The zero-order chi connectivity index (χ0) is 10.6. The number of aliphatic hydroxyl groups excluding tert-OH is 1. The number of methoxy groups -OCH3 is 1. The highest BCUT2D eigenvalue weighted by Crippen LogP contribution is 2.18. The standard InChI is InChI=1S/C10H11ClO3/c1-14-10(13)5-8-3-2-7(6-12)4-9(8)11/h2-4,12H,5-6H2,1H3. The van der Waals surface area contributed by atoms with Crippen LogP contribution < -0.4 is 0 Å². The minimum absolute atomic E-state index is 0.0573. The third kappa shape index (κ3) is 2.72. The third-order valence-electron chi connectivity index (χ3n) is 1.86. The van der Waals surface area contributed by atoms with Crippen LogP contribution in [0.3, 0.4) is 0 Å². The van der Waals surface area contributed by atoms with Crippen molar-refractivity contribution in [2.24, 2.45) is 0 Å². The Kier molecular flexibility index (Phi) is 3.92. The zero-order valence-corrected chi connectivity index (χ0v) is 8.54. The summed E-state index contributed by atoms with van der Waals surface area (Å²) in [4.78, 5) is 11.0. The van der Waals surface area contributed by atoms with E-state index >= 15 is 0 Å². The average Bonchev–Trinajstić information content (AvgIpc) is 2.20. The molecule has 3 nitrogen and oxygen atoms in total. The van der Waals surface area contributed by atoms with Gasteiger partial charge in [0.15, 0.2) is 0 Å². The number of halogens is 1. The van der Waals surface area contributed by atoms with Gasteiger partial charge in [0.2, 0.25) is 0 Å². The lowest BCUT2D eigenvalue weighted by molar-refractivity contribution is -0.139. The number of ether oxygens (including phenoxy) is 1. The summed E-state index contributed by atoms with van der Waals surface area (Å²) in [7, 11) is 1.33. The van der Waals surface area contributed by atoms with Gasteiger partial charge in [-0.2, -0.15) is 0 Å². The second kappa shape index (κ2) is 4.98. The molecule has 0 aromatic heterocycles. The quantitative estimate of drug-likeness (QED) is 0.777. The fourth-order valence-corrected chi connectivity index (χ4v) is 1.33. The second-order valence-corrected chi connectivity index (χ2v) is 3.24. The summed E-state index contributed by atoms with van der Waals surface area (Å²) in [5.41, 5.74) is 1.43. The summed E-state index contributed by atoms with van der Waals surface area (Å²) in [5.74, 6) is -0.330. The van der Waals surface area contributed by atoms with Gasteiger partial charge in [-0.15, -0.1) is 0 Å². The summed E-state index contributed by atoms with van der Waals surface area (Å²) in [6.07, 6.45) is 0.154. The molecule has 0 atom stereocenters. The monoisotopic (exact) mass is 214 g/mol. The molecular formula is C10H11ClO3. The fourth-order valence-electron chi connectivity index (χ4n) is 1.06. The maximum Gasteiger partial charge on any atom is 0.310 e. The van der Waals surface area contributed by atoms with Crippen LogP contribution >= 0.6 is 11.6 Å². The van der Waals surface area contributed by atoms with Gasteiger partial charge in [-0.25, -0.2) is 0 Å². The molecule has 0 radical (unpaired) electrons. The minimum Gasteiger partial charge on any atom is -0.469 e. The SMILES string of the molecule is COC(=O)Cc1ccc(CO)cc1Cl. The van der Waals surface area contributed by atoms with Crippen molar-refractivity contribution >= 4 is 17.6 Å². The highest BCUT2D eigenvalue weighted by atomic mass is 35.5. The van der Waals surface area contributed by atoms with Gasteiger partial charge in [-0.05, 0) is 17.2 Å². The van der Waals surface area contributed by atoms with Crippen molar-refractivity contribution < 1.29 is 14.6 Å². The summed E-state index contributed by atoms with van der Waals surface area (Å²) in [6.45, 7) is -0.0573. The van der Waals surface area contributed by atoms with E-state index < -0.39 is 0 Å². The lowest BCUT2D eigenvalue weighted by Gasteiger charge is -2.04. The van der Waals surface area contributed by atoms with Gasteiger partial charge >= 0.3 is 5.97 Å². The Labute approximate surface area is 87.3 Å². The van der Waals surface area contributed by atoms with Crippen molar-refractivity contribution in [3.8, 4) is 0 Å². The number of benzene rings is 1. The van der Waals surface area contributed by atoms with Crippen molar-refractivity contribution in [3.05, 3.63) is 34.3 Å². The first kappa shape index (κ1) is 11.0. The molecule has 4 heteroatoms. The summed E-state index contributed by atoms with van der Waals surface area (Å²) < 4.78 is 4.52. The molecule has 0 heterocycles. The van der Waals surface area contributed by atoms with Crippen LogP contribution in [0.25, 0.3) is 0 Å². The van der Waals surface area contributed by atoms with Crippen molar-refractivity contribution in [1.82, 2.24) is 0 Å². The Morgan fingerprint density at radius 1 is 1.57 bits per heavy atom. The highest BCUT2D eigenvalue weighted by Gasteiger charge is 2.07. The molecule has 0 fully saturated rings. The molecule has 1 N–H and O–H groups in total. The molecule has 0 saturated carbocycles. The van der Waals surface area contributed by atoms with Crippen LogP contribution in [0.15, 0.2) is 18.2 Å². The van der Waals surface area contributed by atoms with E-state index in [1.165, 1.54) is 7.11 Å². The van der Waals surface area contributed by atoms with Crippen LogP contribution in [0.2, 0.25) is 5.02 Å². The van der Waals surface area contributed by atoms with Gasteiger partial charge in [-0.3, -0.25) is 4.79 Å². The molecule has 0 aliphatic rings. The van der Waals surface area contributed by atoms with Crippen LogP contribution in [0.4, 0.5) is 0 Å². The Morgan fingerprint density at radius 3 is 2.79 bits per heavy atom. The van der Waals surface area contributed by atoms with Crippen LogP contribution in [-0.2, 0) is 22.6 Å². The van der Waals surface area contributed by atoms with E-state index in [-0.39, 0.29) is 19.0 Å². The lowest BCUT2D eigenvalue weighted by atomic mass is 10.1. The maximum absolute atomic E-state index is 11.0. The van der Waals surface area contributed by atoms with E-state index in [1.807, 2.05) is 0 Å². The first-order valence-corrected chi connectivity index (χ1v) is 4.50. The third-order valence-corrected chi connectivity index (χ3v) is 2.21. The van der Waals surface area contributed by atoms with Crippen molar-refractivity contribution in [3.63, 3.8) is 0 Å². The number of esters is 1. The van der Waals surface area contributed by atoms with Gasteiger partial charge in [-0.1, -0.05) is 23.7 Å². The number of carbonyl (C=O) groups is 1. The molecule has 0 aliphatic carbocycles. The molecule has 0 amide bonds. The van der Waals surface area contributed by atoms with Crippen LogP contribution in [-0.4, -0.2) is 18.2 Å². The Morgan fingerprint density at radius 2 is 2.29 bits per heavy atom. The van der Waals surface area contributed by atoms with Crippen molar-refractivity contribution in [2.45, 2.75) is 13.0 Å². The van der Waals surface area contributed by atoms with Gasteiger partial charge in [0.05, 0.1) is 20.1 Å². The molecular weight excluding hydrogens is 204 g/mol. The molecule has 0 aliphatic heterocycles. The van der Waals surface area contributed by atoms with Crippen LogP contribution in [0, 0.1) is 0 Å². The minimum atomic E-state index is -0.330. The summed E-state index contributed by atoms with van der Waals surface area (Å²) in [6, 6.07) is 5.08. The molecule has 1 rings (SSSR count). The van der Waals surface area contributed by atoms with Gasteiger partial charge in [0, 0.05) is 5.02 Å². The number of hydrogen-bond acceptors (Lipinski definition) is 3. The predicted octanol–water partition coefficient (Wildman–Crippen LogP) is 1.55. The van der Waals surface area contributed by atoms with E-state index in [1.54, 1.807) is 18.2 Å². The van der Waals surface area contributed by atoms with Crippen LogP contribution in [0.1, 0.15) is 11.1 Å². The average molecular weight is 215 g/mol. The molecule has 76 valence electrons. The fraction of sp³-hybridized carbons (Fsp3) is 0.300. The molecule has 0 bridgehead atoms. The van der Waals surface area contributed by atoms with Crippen LogP contribution in [0.5, 0.6) is 0 Å². The maximum atomic E-state index is 11.0. The number of carbonyl (C=O) groups excluding carboxylic acids is 1. The van der Waals surface area contributed by atoms with Crippen molar-refractivity contribution in [1.29, 1.82) is 0 Å². The van der Waals surface area contributed by atoms with E-state index in [0.29, 0.717) is 10.6 Å². The first-order chi connectivity index (χ1) is 6.67. The Hall–Kier alpha value is -1.06. The van der Waals surface area contributed by atoms with Gasteiger partial charge in [0.25, 0.3) is 0 Å². The molecule has 0 unspecified atom stereocenters. The Balaban J connectivity index is 2.83. The van der Waals surface area contributed by atoms with Gasteiger partial charge < -0.3 is 9.84 Å². The Bertz CT molecular complexity index is 336. The molecule has 1 aromatic carbocycles. The first-order valence-electron chi connectivity index (χ1n) is 4.12. The normalized spacial score (nSPS) is 9.93.